The van der Waals surface area contributed by atoms with E-state index in [0.717, 1.165) is 31.2 Å². The van der Waals surface area contributed by atoms with E-state index in [2.05, 4.69) is 73.6 Å². The summed E-state index contributed by atoms with van der Waals surface area (Å²) in [7, 11) is 0. The van der Waals surface area contributed by atoms with E-state index in [1.807, 2.05) is 0 Å². The van der Waals surface area contributed by atoms with Crippen molar-refractivity contribution >= 4 is 17.7 Å². The number of aliphatic hydroxyl groups is 1. The number of rotatable bonds is 15. The first kappa shape index (κ1) is 31.0. The summed E-state index contributed by atoms with van der Waals surface area (Å²) in [6.45, 7) is 17.7. The molecule has 0 aliphatic rings. The van der Waals surface area contributed by atoms with Crippen molar-refractivity contribution in [3.8, 4) is 0 Å². The summed E-state index contributed by atoms with van der Waals surface area (Å²) in [5, 5.41) is 10.5. The summed E-state index contributed by atoms with van der Waals surface area (Å²) in [5.74, 6) is 0.0915. The molecule has 1 aromatic rings. The highest BCUT2D eigenvalue weighted by molar-refractivity contribution is 7.99. The number of unbranched alkanes of at least 4 members (excludes halogenated alkanes) is 6. The van der Waals surface area contributed by atoms with Gasteiger partial charge in [-0.1, -0.05) is 119 Å². The Bertz CT molecular complexity index is 682. The zero-order valence-electron chi connectivity index (χ0n) is 23.3. The predicted octanol–water partition coefficient (Wildman–Crippen LogP) is 8.69. The number of thioether (sulfide) groups is 1. The molecule has 4 heteroatoms. The van der Waals surface area contributed by atoms with Gasteiger partial charge in [0.15, 0.2) is 5.44 Å². The van der Waals surface area contributed by atoms with Crippen molar-refractivity contribution in [2.45, 2.75) is 148 Å². The van der Waals surface area contributed by atoms with Crippen molar-refractivity contribution in [3.63, 3.8) is 0 Å². The van der Waals surface area contributed by atoms with Crippen LogP contribution in [0.2, 0.25) is 0 Å². The number of aliphatic hydroxyl groups excluding tert-OH is 1. The third kappa shape index (κ3) is 12.1. The maximum Gasteiger partial charge on any atom is 0.345 e. The second-order valence-corrected chi connectivity index (χ2v) is 12.9. The first-order valence-corrected chi connectivity index (χ1v) is 14.6. The molecule has 2 unspecified atom stereocenters. The minimum absolute atomic E-state index is 0.0433. The molecular formula is C30H52O3S. The van der Waals surface area contributed by atoms with Gasteiger partial charge in [-0.25, -0.2) is 4.79 Å². The van der Waals surface area contributed by atoms with Crippen molar-refractivity contribution in [2.24, 2.45) is 0 Å². The molecule has 0 aliphatic carbocycles. The summed E-state index contributed by atoms with van der Waals surface area (Å²) < 4.78 is 5.73. The lowest BCUT2D eigenvalue weighted by molar-refractivity contribution is -0.155. The third-order valence-corrected chi connectivity index (χ3v) is 7.37. The molecule has 0 saturated heterocycles. The lowest BCUT2D eigenvalue weighted by Gasteiger charge is -2.26. The van der Waals surface area contributed by atoms with Crippen LogP contribution in [0.15, 0.2) is 18.2 Å². The van der Waals surface area contributed by atoms with Gasteiger partial charge in [-0.2, -0.15) is 0 Å². The average Bonchev–Trinajstić information content (AvgIpc) is 2.75. The summed E-state index contributed by atoms with van der Waals surface area (Å²) in [6, 6.07) is 6.71. The smallest absolute Gasteiger partial charge is 0.345 e. The zero-order chi connectivity index (χ0) is 25.8. The largest absolute Gasteiger partial charge is 0.460 e. The van der Waals surface area contributed by atoms with Gasteiger partial charge in [0.05, 0.1) is 0 Å². The molecule has 0 aliphatic heterocycles. The fourth-order valence-corrected chi connectivity index (χ4v) is 4.73. The molecule has 1 N–H and O–H groups in total. The van der Waals surface area contributed by atoms with Gasteiger partial charge >= 0.3 is 5.97 Å². The van der Waals surface area contributed by atoms with Gasteiger partial charge in [-0.15, -0.1) is 11.8 Å². The molecule has 3 nitrogen and oxygen atoms in total. The SMILES string of the molecule is CCCCCCCCCC(CCC)OC(=O)C(O)SCc1cc(C(C)(C)C)cc(C(C)(C)C)c1. The Kier molecular flexibility index (Phi) is 13.9. The van der Waals surface area contributed by atoms with Crippen molar-refractivity contribution in [2.75, 3.05) is 0 Å². The van der Waals surface area contributed by atoms with E-state index in [1.165, 1.54) is 61.4 Å². The Morgan fingerprint density at radius 2 is 1.35 bits per heavy atom. The van der Waals surface area contributed by atoms with Crippen LogP contribution >= 0.6 is 11.8 Å². The van der Waals surface area contributed by atoms with Gasteiger partial charge < -0.3 is 9.84 Å². The maximum absolute atomic E-state index is 12.6. The number of hydrogen-bond acceptors (Lipinski definition) is 4. The lowest BCUT2D eigenvalue weighted by Crippen LogP contribution is -2.26. The fourth-order valence-electron chi connectivity index (χ4n) is 4.02. The number of carbonyl (C=O) groups excluding carboxylic acids is 1. The number of ether oxygens (including phenoxy) is 1. The number of esters is 1. The lowest BCUT2D eigenvalue weighted by atomic mass is 9.80. The minimum Gasteiger partial charge on any atom is -0.460 e. The van der Waals surface area contributed by atoms with E-state index < -0.39 is 11.4 Å². The van der Waals surface area contributed by atoms with Crippen LogP contribution in [-0.2, 0) is 26.1 Å². The number of benzene rings is 1. The van der Waals surface area contributed by atoms with Crippen LogP contribution in [-0.4, -0.2) is 22.6 Å². The topological polar surface area (TPSA) is 46.5 Å². The Hall–Kier alpha value is -1.00. The zero-order valence-corrected chi connectivity index (χ0v) is 24.2. The van der Waals surface area contributed by atoms with Crippen molar-refractivity contribution in [1.29, 1.82) is 0 Å². The second kappa shape index (κ2) is 15.2. The average molecular weight is 493 g/mol. The molecule has 0 heterocycles. The van der Waals surface area contributed by atoms with E-state index in [-0.39, 0.29) is 16.9 Å². The normalized spacial score (nSPS) is 14.1. The predicted molar refractivity (Wildman–Crippen MR) is 149 cm³/mol. The molecule has 0 bridgehead atoms. The number of carbonyl (C=O) groups is 1. The van der Waals surface area contributed by atoms with Gasteiger partial charge in [-0.3, -0.25) is 0 Å². The number of hydrogen-bond donors (Lipinski definition) is 1. The Balaban J connectivity index is 2.64. The van der Waals surface area contributed by atoms with Gasteiger partial charge in [-0.05, 0) is 46.8 Å². The van der Waals surface area contributed by atoms with Gasteiger partial charge in [0.25, 0.3) is 0 Å². The third-order valence-electron chi connectivity index (χ3n) is 6.36. The molecule has 196 valence electrons. The highest BCUT2D eigenvalue weighted by Gasteiger charge is 2.24. The second-order valence-electron chi connectivity index (χ2n) is 11.8. The summed E-state index contributed by atoms with van der Waals surface area (Å²) >= 11 is 1.26. The van der Waals surface area contributed by atoms with E-state index in [1.54, 1.807) is 0 Å². The molecule has 1 rings (SSSR count). The maximum atomic E-state index is 12.6. The van der Waals surface area contributed by atoms with Crippen molar-refractivity contribution in [3.05, 3.63) is 34.9 Å². The Labute approximate surface area is 214 Å². The Morgan fingerprint density at radius 3 is 1.85 bits per heavy atom. The molecule has 0 radical (unpaired) electrons. The monoisotopic (exact) mass is 492 g/mol. The standard InChI is InChI=1S/C30H52O3S/c1-9-11-12-13-14-15-16-18-26(17-10-2)33-27(31)28(32)34-22-23-19-24(29(3,4)5)21-25(20-23)30(6,7)8/h19-21,26,28,32H,9-18,22H2,1-8H3. The quantitative estimate of drug-likeness (QED) is 0.151. The summed E-state index contributed by atoms with van der Waals surface area (Å²) in [6.07, 6.45) is 11.4. The van der Waals surface area contributed by atoms with E-state index in [4.69, 9.17) is 4.74 Å². The molecule has 2 atom stereocenters. The minimum atomic E-state index is -1.15. The molecule has 34 heavy (non-hydrogen) atoms. The van der Waals surface area contributed by atoms with Crippen LogP contribution in [0.4, 0.5) is 0 Å². The van der Waals surface area contributed by atoms with E-state index >= 15 is 0 Å². The van der Waals surface area contributed by atoms with E-state index in [0.29, 0.717) is 5.75 Å². The molecule has 0 amide bonds. The highest BCUT2D eigenvalue weighted by Crippen LogP contribution is 2.32. The van der Waals surface area contributed by atoms with Crippen LogP contribution in [0.25, 0.3) is 0 Å². The van der Waals surface area contributed by atoms with Crippen molar-refractivity contribution in [1.82, 2.24) is 0 Å². The van der Waals surface area contributed by atoms with Crippen molar-refractivity contribution < 1.29 is 14.6 Å². The van der Waals surface area contributed by atoms with Gasteiger partial charge in [0.1, 0.15) is 6.10 Å². The molecule has 0 saturated carbocycles. The fraction of sp³-hybridized carbons (Fsp3) is 0.767. The summed E-state index contributed by atoms with van der Waals surface area (Å²) in [4.78, 5) is 12.6. The summed E-state index contributed by atoms with van der Waals surface area (Å²) in [5.41, 5.74) is 2.64. The first-order chi connectivity index (χ1) is 15.9. The first-order valence-electron chi connectivity index (χ1n) is 13.5. The Morgan fingerprint density at radius 1 is 0.824 bits per heavy atom. The van der Waals surface area contributed by atoms with Gasteiger partial charge in [0, 0.05) is 5.75 Å². The van der Waals surface area contributed by atoms with Crippen LogP contribution in [0, 0.1) is 0 Å². The molecule has 0 spiro atoms. The highest BCUT2D eigenvalue weighted by atomic mass is 32.2. The molecular weight excluding hydrogens is 440 g/mol. The van der Waals surface area contributed by atoms with Crippen LogP contribution in [0.1, 0.15) is 136 Å². The van der Waals surface area contributed by atoms with Crippen LogP contribution in [0.3, 0.4) is 0 Å². The van der Waals surface area contributed by atoms with Gasteiger partial charge in [0.2, 0.25) is 0 Å². The van der Waals surface area contributed by atoms with Crippen LogP contribution in [0.5, 0.6) is 0 Å². The van der Waals surface area contributed by atoms with Crippen LogP contribution < -0.4 is 0 Å². The van der Waals surface area contributed by atoms with E-state index in [9.17, 15) is 9.90 Å². The molecule has 0 fully saturated rings. The molecule has 1 aromatic carbocycles. The molecule has 0 aromatic heterocycles.